The molecule has 0 aliphatic heterocycles. The molecule has 0 N–H and O–H groups in total. The van der Waals surface area contributed by atoms with Crippen molar-refractivity contribution in [2.45, 2.75) is 25.7 Å². The van der Waals surface area contributed by atoms with Gasteiger partial charge < -0.3 is 9.13 Å². The van der Waals surface area contributed by atoms with Gasteiger partial charge in [-0.15, -0.1) is 0 Å². The van der Waals surface area contributed by atoms with Gasteiger partial charge in [0.15, 0.2) is 8.07 Å². The van der Waals surface area contributed by atoms with Gasteiger partial charge in [0.25, 0.3) is 0 Å². The zero-order valence-corrected chi connectivity index (χ0v) is 35.0. The summed E-state index contributed by atoms with van der Waals surface area (Å²) in [6.07, 6.45) is 16.3. The Kier molecular flexibility index (Phi) is 8.50. The van der Waals surface area contributed by atoms with Gasteiger partial charge in [0.05, 0.1) is 16.6 Å². The average Bonchev–Trinajstić information content (AvgIpc) is 3.85. The van der Waals surface area contributed by atoms with Crippen LogP contribution >= 0.6 is 0 Å². The van der Waals surface area contributed by atoms with E-state index in [4.69, 9.17) is 0 Å². The fraction of sp³-hybridized carbons (Fsp3) is 0.0690. The van der Waals surface area contributed by atoms with E-state index in [1.165, 1.54) is 98.0 Å². The molecule has 0 bridgehead atoms. The normalized spacial score (nSPS) is 13.9. The van der Waals surface area contributed by atoms with E-state index < -0.39 is 8.07 Å². The molecule has 0 unspecified atom stereocenters. The summed E-state index contributed by atoms with van der Waals surface area (Å²) in [4.78, 5) is 0. The Labute approximate surface area is 357 Å². The summed E-state index contributed by atoms with van der Waals surface area (Å²) in [6, 6.07) is 70.7. The fourth-order valence-electron chi connectivity index (χ4n) is 10.6. The Morgan fingerprint density at radius 1 is 0.393 bits per heavy atom. The summed E-state index contributed by atoms with van der Waals surface area (Å²) in [6.45, 7) is 0. The Morgan fingerprint density at radius 2 is 1.03 bits per heavy atom. The molecule has 2 heterocycles. The average molecular weight is 797 g/mol. The van der Waals surface area contributed by atoms with Crippen LogP contribution in [0.3, 0.4) is 0 Å². The maximum Gasteiger partial charge on any atom is 0.179 e. The van der Waals surface area contributed by atoms with Crippen molar-refractivity contribution >= 4 is 73.2 Å². The zero-order valence-electron chi connectivity index (χ0n) is 34.0. The van der Waals surface area contributed by atoms with Crippen molar-refractivity contribution in [3.05, 3.63) is 229 Å². The van der Waals surface area contributed by atoms with Crippen LogP contribution < -0.4 is 15.6 Å². The van der Waals surface area contributed by atoms with E-state index in [2.05, 4.69) is 228 Å². The lowest BCUT2D eigenvalue weighted by Gasteiger charge is -2.36. The summed E-state index contributed by atoms with van der Waals surface area (Å²) < 4.78 is 4.96. The highest BCUT2D eigenvalue weighted by atomic mass is 28.3. The number of hydrogen-bond acceptors (Lipinski definition) is 0. The van der Waals surface area contributed by atoms with Gasteiger partial charge in [-0.25, -0.2) is 0 Å². The third-order valence-corrected chi connectivity index (χ3v) is 18.1. The molecule has 0 saturated carbocycles. The fourth-order valence-corrected chi connectivity index (χ4v) is 15.5. The summed E-state index contributed by atoms with van der Waals surface area (Å²) in [5.41, 5.74) is 11.3. The van der Waals surface area contributed by atoms with Crippen molar-refractivity contribution in [3.63, 3.8) is 0 Å². The second-order valence-corrected chi connectivity index (χ2v) is 20.5. The lowest BCUT2D eigenvalue weighted by Crippen LogP contribution is -2.68. The van der Waals surface area contributed by atoms with Crippen LogP contribution in [0.25, 0.3) is 72.1 Å². The van der Waals surface area contributed by atoms with Crippen molar-refractivity contribution in [2.24, 2.45) is 0 Å². The summed E-state index contributed by atoms with van der Waals surface area (Å²) >= 11 is 0. The number of rotatable bonds is 7. The van der Waals surface area contributed by atoms with Crippen LogP contribution in [0, 0.1) is 0 Å². The van der Waals surface area contributed by atoms with Crippen LogP contribution in [0.2, 0.25) is 0 Å². The number of allylic oxidation sites excluding steroid dienone is 5. The number of aryl methyl sites for hydroxylation is 1. The maximum absolute atomic E-state index is 2.66. The Balaban J connectivity index is 1.02. The minimum absolute atomic E-state index is 1.03. The van der Waals surface area contributed by atoms with E-state index >= 15 is 0 Å². The number of benzene rings is 8. The number of aromatic nitrogens is 2. The first kappa shape index (κ1) is 35.7. The van der Waals surface area contributed by atoms with Gasteiger partial charge >= 0.3 is 0 Å². The largest absolute Gasteiger partial charge is 0.310 e. The molecule has 12 rings (SSSR count). The van der Waals surface area contributed by atoms with Crippen molar-refractivity contribution in [1.29, 1.82) is 0 Å². The Bertz CT molecular complexity index is 3380. The molecule has 0 fully saturated rings. The lowest BCUT2D eigenvalue weighted by atomic mass is 9.97. The first-order valence-electron chi connectivity index (χ1n) is 21.7. The lowest BCUT2D eigenvalue weighted by molar-refractivity contribution is 0.968. The van der Waals surface area contributed by atoms with Gasteiger partial charge in [0.1, 0.15) is 0 Å². The summed E-state index contributed by atoms with van der Waals surface area (Å²) in [7, 11) is -2.66. The van der Waals surface area contributed by atoms with Crippen LogP contribution in [0.15, 0.2) is 218 Å². The molecule has 0 saturated heterocycles. The molecular formula is C58H44N2Si. The van der Waals surface area contributed by atoms with E-state index in [1.807, 2.05) is 0 Å². The van der Waals surface area contributed by atoms with Crippen molar-refractivity contribution < 1.29 is 0 Å². The molecular weight excluding hydrogens is 753 g/mol. The monoisotopic (exact) mass is 796 g/mol. The van der Waals surface area contributed by atoms with E-state index in [1.54, 1.807) is 0 Å². The number of fused-ring (bicyclic) bond motifs is 7. The Morgan fingerprint density at radius 3 is 1.80 bits per heavy atom. The highest BCUT2D eigenvalue weighted by Gasteiger charge is 2.42. The first-order chi connectivity index (χ1) is 30.3. The number of nitrogens with zero attached hydrogens (tertiary/aromatic N) is 2. The van der Waals surface area contributed by atoms with E-state index in [0.717, 1.165) is 25.7 Å². The van der Waals surface area contributed by atoms with Gasteiger partial charge in [-0.3, -0.25) is 0 Å². The minimum Gasteiger partial charge on any atom is -0.310 e. The van der Waals surface area contributed by atoms with Gasteiger partial charge in [-0.1, -0.05) is 158 Å². The van der Waals surface area contributed by atoms with Crippen LogP contribution in [0.5, 0.6) is 0 Å². The van der Waals surface area contributed by atoms with E-state index in [-0.39, 0.29) is 0 Å². The molecule has 2 aliphatic rings. The summed E-state index contributed by atoms with van der Waals surface area (Å²) in [5.74, 6) is 0. The summed E-state index contributed by atoms with van der Waals surface area (Å²) in [5, 5.41) is 12.1. The predicted octanol–water partition coefficient (Wildman–Crippen LogP) is 12.8. The van der Waals surface area contributed by atoms with E-state index in [9.17, 15) is 0 Å². The molecule has 61 heavy (non-hydrogen) atoms. The van der Waals surface area contributed by atoms with Gasteiger partial charge in [-0.2, -0.15) is 0 Å². The zero-order chi connectivity index (χ0) is 40.3. The maximum atomic E-state index is 2.54. The molecule has 0 atom stereocenters. The van der Waals surface area contributed by atoms with Crippen molar-refractivity contribution in [2.75, 3.05) is 0 Å². The smallest absolute Gasteiger partial charge is 0.179 e. The van der Waals surface area contributed by atoms with Crippen molar-refractivity contribution in [3.8, 4) is 22.5 Å². The molecule has 0 spiro atoms. The Hall–Kier alpha value is -7.20. The highest BCUT2D eigenvalue weighted by Crippen LogP contribution is 2.39. The molecule has 2 aliphatic carbocycles. The van der Waals surface area contributed by atoms with Gasteiger partial charge in [0.2, 0.25) is 0 Å². The van der Waals surface area contributed by atoms with Crippen molar-refractivity contribution in [1.82, 2.24) is 9.13 Å². The van der Waals surface area contributed by atoms with Gasteiger partial charge in [0, 0.05) is 33.2 Å². The SMILES string of the molecule is C1=CC([Si](c2ccccc2)(c2ccccc2)c2cccc(-n3c4c(c5cc(-c6ccc7c(c6)c6ccccc6n7-c6ccc7ccccc7c6)ccc53)CCC=C4)c2)=CCC1. The first-order valence-corrected chi connectivity index (χ1v) is 23.7. The molecule has 0 amide bonds. The number of hydrogen-bond donors (Lipinski definition) is 0. The molecule has 2 aromatic heterocycles. The van der Waals surface area contributed by atoms with Crippen LogP contribution in [0.1, 0.15) is 30.5 Å². The van der Waals surface area contributed by atoms with Crippen LogP contribution in [-0.4, -0.2) is 17.2 Å². The third kappa shape index (κ3) is 5.69. The second kappa shape index (κ2) is 14.5. The third-order valence-electron chi connectivity index (χ3n) is 13.3. The second-order valence-electron chi connectivity index (χ2n) is 16.7. The van der Waals surface area contributed by atoms with Crippen LogP contribution in [0.4, 0.5) is 0 Å². The number of para-hydroxylation sites is 1. The quantitative estimate of drug-likeness (QED) is 0.112. The van der Waals surface area contributed by atoms with E-state index in [0.29, 0.717) is 0 Å². The molecule has 8 aromatic carbocycles. The molecule has 10 aromatic rings. The van der Waals surface area contributed by atoms with Crippen LogP contribution in [-0.2, 0) is 6.42 Å². The molecule has 2 nitrogen and oxygen atoms in total. The standard InChI is InChI=1S/C58H44N2Si/c1-4-20-47(21-5-1)61(48-22-6-2-7-23-48,49-24-8-3-9-25-49)50-26-16-19-45(40-50)59-55-29-14-12-27-51(55)53-38-43(32-35-57(53)59)44-33-36-58-54(39-44)52-28-13-15-30-56(52)60(58)46-34-31-41-17-10-11-18-42(41)37-46/h1-2,4-8,10-11,13-26,28-40H,3,9,12,27H2. The molecule has 290 valence electrons. The van der Waals surface area contributed by atoms with Gasteiger partial charge in [-0.05, 0) is 135 Å². The molecule has 3 heteroatoms. The minimum atomic E-state index is -2.66. The molecule has 0 radical (unpaired) electrons. The highest BCUT2D eigenvalue weighted by molar-refractivity contribution is 7.16. The topological polar surface area (TPSA) is 9.86 Å². The predicted molar refractivity (Wildman–Crippen MR) is 262 cm³/mol.